The Morgan fingerprint density at radius 3 is 1.92 bits per heavy atom. The van der Waals surface area contributed by atoms with Gasteiger partial charge in [-0.15, -0.1) is 0 Å². The molecular formula is C32H50N2O4. The molecule has 4 rings (SSSR count). The van der Waals surface area contributed by atoms with Crippen LogP contribution in [0.5, 0.6) is 11.5 Å². The zero-order chi connectivity index (χ0) is 27.8. The van der Waals surface area contributed by atoms with E-state index in [0.717, 1.165) is 69.0 Å². The molecule has 2 fully saturated rings. The van der Waals surface area contributed by atoms with Crippen molar-refractivity contribution < 1.29 is 20.4 Å². The number of aromatic hydroxyl groups is 2. The smallest absolute Gasteiger partial charge is 0.120 e. The second-order valence-corrected chi connectivity index (χ2v) is 12.2. The first-order valence-corrected chi connectivity index (χ1v) is 14.4. The summed E-state index contributed by atoms with van der Waals surface area (Å²) in [4.78, 5) is 4.27. The molecular weight excluding hydrogens is 476 g/mol. The summed E-state index contributed by atoms with van der Waals surface area (Å²) in [5.41, 5.74) is 1.86. The number of likely N-dealkylation sites (N-methyl/N-ethyl adjacent to an activating group) is 2. The van der Waals surface area contributed by atoms with Gasteiger partial charge < -0.3 is 25.3 Å². The molecule has 4 N–H and O–H groups in total. The lowest BCUT2D eigenvalue weighted by Gasteiger charge is -2.41. The Bertz CT molecular complexity index is 958. The fourth-order valence-electron chi connectivity index (χ4n) is 6.17. The second-order valence-electron chi connectivity index (χ2n) is 12.2. The topological polar surface area (TPSA) is 87.4 Å². The average molecular weight is 527 g/mol. The molecule has 0 aliphatic heterocycles. The van der Waals surface area contributed by atoms with E-state index in [1.807, 2.05) is 32.2 Å². The third kappa shape index (κ3) is 8.98. The van der Waals surface area contributed by atoms with Gasteiger partial charge in [0.25, 0.3) is 0 Å². The van der Waals surface area contributed by atoms with E-state index in [-0.39, 0.29) is 5.92 Å². The molecule has 2 aromatic rings. The Kier molecular flexibility index (Phi) is 11.0. The van der Waals surface area contributed by atoms with Gasteiger partial charge in [0.2, 0.25) is 0 Å². The SMILES string of the molecule is CN(C)CC(c1ccc(O)c(CN(C)CC2(O)CCCCC2)c1)C1(O)CCCCC1.Cc1ccc(O)cc1. The van der Waals surface area contributed by atoms with E-state index in [1.54, 1.807) is 18.2 Å². The molecule has 2 aliphatic carbocycles. The molecule has 2 saturated carbocycles. The van der Waals surface area contributed by atoms with E-state index in [9.17, 15) is 15.3 Å². The summed E-state index contributed by atoms with van der Waals surface area (Å²) in [5, 5.41) is 41.7. The quantitative estimate of drug-likeness (QED) is 0.360. The van der Waals surface area contributed by atoms with Gasteiger partial charge in [0.1, 0.15) is 11.5 Å². The minimum Gasteiger partial charge on any atom is -0.508 e. The molecule has 0 spiro atoms. The van der Waals surface area contributed by atoms with Gasteiger partial charge in [-0.2, -0.15) is 0 Å². The normalized spacial score (nSPS) is 19.6. The number of phenols is 2. The molecule has 0 saturated heterocycles. The van der Waals surface area contributed by atoms with Crippen molar-refractivity contribution in [3.05, 3.63) is 59.2 Å². The van der Waals surface area contributed by atoms with E-state index in [2.05, 4.69) is 30.0 Å². The van der Waals surface area contributed by atoms with Crippen molar-refractivity contribution in [1.29, 1.82) is 0 Å². The van der Waals surface area contributed by atoms with Crippen molar-refractivity contribution in [2.45, 2.75) is 94.8 Å². The number of nitrogens with zero attached hydrogens (tertiary/aromatic N) is 2. The largest absolute Gasteiger partial charge is 0.508 e. The lowest BCUT2D eigenvalue weighted by Crippen LogP contribution is -2.43. The molecule has 0 amide bonds. The van der Waals surface area contributed by atoms with Crippen LogP contribution in [0.15, 0.2) is 42.5 Å². The van der Waals surface area contributed by atoms with E-state index in [0.29, 0.717) is 24.6 Å². The summed E-state index contributed by atoms with van der Waals surface area (Å²) in [6, 6.07) is 12.9. The number of hydrogen-bond acceptors (Lipinski definition) is 6. The van der Waals surface area contributed by atoms with Crippen LogP contribution in [0.2, 0.25) is 0 Å². The molecule has 212 valence electrons. The molecule has 6 heteroatoms. The lowest BCUT2D eigenvalue weighted by molar-refractivity contribution is -0.0278. The van der Waals surface area contributed by atoms with E-state index in [4.69, 9.17) is 5.11 Å². The van der Waals surface area contributed by atoms with Gasteiger partial charge in [0.15, 0.2) is 0 Å². The van der Waals surface area contributed by atoms with Crippen LogP contribution in [0, 0.1) is 6.92 Å². The van der Waals surface area contributed by atoms with Crippen LogP contribution < -0.4 is 0 Å². The summed E-state index contributed by atoms with van der Waals surface area (Å²) < 4.78 is 0. The van der Waals surface area contributed by atoms with Crippen LogP contribution in [0.4, 0.5) is 0 Å². The highest BCUT2D eigenvalue weighted by atomic mass is 16.3. The van der Waals surface area contributed by atoms with Crippen LogP contribution in [0.3, 0.4) is 0 Å². The number of aryl methyl sites for hydroxylation is 1. The van der Waals surface area contributed by atoms with Gasteiger partial charge in [0, 0.05) is 31.1 Å². The molecule has 0 heterocycles. The standard InChI is InChI=1S/C25H42N2O3.C7H8O/c1-26(2)18-22(25(30)14-8-5-9-15-25)20-10-11-23(28)21(16-20)17-27(3)19-24(29)12-6-4-7-13-24;1-6-2-4-7(8)5-3-6/h10-11,16,22,28-30H,4-9,12-15,17-19H2,1-3H3;2-5,8H,1H3. The van der Waals surface area contributed by atoms with Gasteiger partial charge >= 0.3 is 0 Å². The van der Waals surface area contributed by atoms with Crippen molar-refractivity contribution in [2.75, 3.05) is 34.2 Å². The summed E-state index contributed by atoms with van der Waals surface area (Å²) in [6.07, 6.45) is 10.2. The van der Waals surface area contributed by atoms with Crippen LogP contribution in [0.1, 0.15) is 86.8 Å². The Morgan fingerprint density at radius 1 is 0.789 bits per heavy atom. The number of rotatable bonds is 8. The van der Waals surface area contributed by atoms with Crippen molar-refractivity contribution in [2.24, 2.45) is 0 Å². The predicted molar refractivity (Wildman–Crippen MR) is 155 cm³/mol. The van der Waals surface area contributed by atoms with Crippen molar-refractivity contribution in [3.8, 4) is 11.5 Å². The fourth-order valence-corrected chi connectivity index (χ4v) is 6.17. The van der Waals surface area contributed by atoms with Crippen LogP contribution >= 0.6 is 0 Å². The van der Waals surface area contributed by atoms with Gasteiger partial charge in [-0.05, 0) is 77.5 Å². The van der Waals surface area contributed by atoms with Crippen LogP contribution in [0.25, 0.3) is 0 Å². The Labute approximate surface area is 229 Å². The Morgan fingerprint density at radius 2 is 1.37 bits per heavy atom. The highest BCUT2D eigenvalue weighted by Crippen LogP contribution is 2.41. The van der Waals surface area contributed by atoms with Crippen LogP contribution in [-0.4, -0.2) is 75.7 Å². The number of hydrogen-bond donors (Lipinski definition) is 4. The highest BCUT2D eigenvalue weighted by molar-refractivity contribution is 5.39. The first-order chi connectivity index (χ1) is 18.0. The van der Waals surface area contributed by atoms with Crippen molar-refractivity contribution in [3.63, 3.8) is 0 Å². The zero-order valence-corrected chi connectivity index (χ0v) is 24.0. The molecule has 1 unspecified atom stereocenters. The van der Waals surface area contributed by atoms with Crippen molar-refractivity contribution >= 4 is 0 Å². The molecule has 2 aliphatic rings. The highest BCUT2D eigenvalue weighted by Gasteiger charge is 2.39. The molecule has 0 bridgehead atoms. The minimum absolute atomic E-state index is 0.0278. The Balaban J connectivity index is 0.000000427. The Hall–Kier alpha value is -2.12. The maximum absolute atomic E-state index is 11.5. The van der Waals surface area contributed by atoms with Gasteiger partial charge in [-0.3, -0.25) is 4.90 Å². The van der Waals surface area contributed by atoms with Gasteiger partial charge in [-0.25, -0.2) is 0 Å². The summed E-state index contributed by atoms with van der Waals surface area (Å²) >= 11 is 0. The summed E-state index contributed by atoms with van der Waals surface area (Å²) in [5.74, 6) is 0.649. The van der Waals surface area contributed by atoms with Crippen LogP contribution in [-0.2, 0) is 6.54 Å². The number of aliphatic hydroxyl groups is 2. The predicted octanol–water partition coefficient (Wildman–Crippen LogP) is 5.56. The minimum atomic E-state index is -0.681. The molecule has 0 aromatic heterocycles. The maximum atomic E-state index is 11.5. The van der Waals surface area contributed by atoms with Gasteiger partial charge in [-0.1, -0.05) is 68.4 Å². The molecule has 38 heavy (non-hydrogen) atoms. The van der Waals surface area contributed by atoms with E-state index < -0.39 is 11.2 Å². The molecule has 0 radical (unpaired) electrons. The summed E-state index contributed by atoms with van der Waals surface area (Å²) in [7, 11) is 6.13. The van der Waals surface area contributed by atoms with Crippen molar-refractivity contribution in [1.82, 2.24) is 9.80 Å². The monoisotopic (exact) mass is 526 g/mol. The molecule has 1 atom stereocenters. The second kappa shape index (κ2) is 13.8. The third-order valence-electron chi connectivity index (χ3n) is 8.24. The fraction of sp³-hybridized carbons (Fsp3) is 0.625. The zero-order valence-electron chi connectivity index (χ0n) is 24.0. The number of benzene rings is 2. The first kappa shape index (κ1) is 30.4. The number of phenolic OH excluding ortho intramolecular Hbond substituents is 2. The van der Waals surface area contributed by atoms with Gasteiger partial charge in [0.05, 0.1) is 11.2 Å². The first-order valence-electron chi connectivity index (χ1n) is 14.4. The third-order valence-corrected chi connectivity index (χ3v) is 8.24. The van der Waals surface area contributed by atoms with E-state index >= 15 is 0 Å². The molecule has 6 nitrogen and oxygen atoms in total. The molecule has 2 aromatic carbocycles. The lowest BCUT2D eigenvalue weighted by atomic mass is 9.72. The van der Waals surface area contributed by atoms with E-state index in [1.165, 1.54) is 18.4 Å². The maximum Gasteiger partial charge on any atom is 0.120 e. The average Bonchev–Trinajstić information content (AvgIpc) is 2.86. The summed E-state index contributed by atoms with van der Waals surface area (Å²) in [6.45, 7) is 3.99.